The first-order chi connectivity index (χ1) is 3.63. The molecule has 0 saturated heterocycles. The molecule has 8 heavy (non-hydrogen) atoms. The Balaban J connectivity index is 2.93. The summed E-state index contributed by atoms with van der Waals surface area (Å²) in [4.78, 5) is 0. The lowest BCUT2D eigenvalue weighted by atomic mass is 10.2. The van der Waals surface area contributed by atoms with Gasteiger partial charge in [0, 0.05) is 6.42 Å². The molecule has 3 nitrogen and oxygen atoms in total. The fourth-order valence-electron chi connectivity index (χ4n) is 0.390. The molecule has 0 aliphatic rings. The van der Waals surface area contributed by atoms with Crippen LogP contribution in [0, 0.1) is 0 Å². The van der Waals surface area contributed by atoms with E-state index in [9.17, 15) is 0 Å². The number of hydrogen-bond acceptors (Lipinski definition) is 3. The second-order valence-corrected chi connectivity index (χ2v) is 1.91. The highest BCUT2D eigenvalue weighted by Gasteiger charge is 1.99. The molecular formula is C5H12O3. The molecule has 0 saturated carbocycles. The molecule has 50 valence electrons. The average molecular weight is 120 g/mol. The number of aliphatic hydroxyl groups excluding tert-OH is 2. The molecule has 0 radical (unpaired) electrons. The van der Waals surface area contributed by atoms with E-state index in [1.54, 1.807) is 6.92 Å². The third kappa shape index (κ3) is 5.88. The molecule has 0 aromatic heterocycles. The van der Waals surface area contributed by atoms with Crippen molar-refractivity contribution in [2.75, 3.05) is 0 Å². The van der Waals surface area contributed by atoms with Crippen molar-refractivity contribution in [3.8, 4) is 0 Å². The molecule has 0 aromatic rings. The minimum absolute atomic E-state index is 0.248. The van der Waals surface area contributed by atoms with Crippen molar-refractivity contribution < 1.29 is 15.3 Å². The van der Waals surface area contributed by atoms with Crippen LogP contribution in [0.3, 0.4) is 0 Å². The van der Waals surface area contributed by atoms with E-state index in [1.807, 2.05) is 0 Å². The van der Waals surface area contributed by atoms with Crippen LogP contribution in [0.2, 0.25) is 0 Å². The summed E-state index contributed by atoms with van der Waals surface area (Å²) in [7, 11) is 0. The zero-order valence-corrected chi connectivity index (χ0v) is 4.91. The molecule has 1 atom stereocenters. The number of rotatable bonds is 3. The van der Waals surface area contributed by atoms with Gasteiger partial charge in [0.1, 0.15) is 0 Å². The van der Waals surface area contributed by atoms with Crippen LogP contribution in [0.25, 0.3) is 0 Å². The first-order valence-electron chi connectivity index (χ1n) is 2.67. The van der Waals surface area contributed by atoms with Gasteiger partial charge < -0.3 is 15.3 Å². The Morgan fingerprint density at radius 3 is 1.75 bits per heavy atom. The van der Waals surface area contributed by atoms with Gasteiger partial charge >= 0.3 is 0 Å². The van der Waals surface area contributed by atoms with Crippen molar-refractivity contribution >= 4 is 0 Å². The first-order valence-corrected chi connectivity index (χ1v) is 2.67. The van der Waals surface area contributed by atoms with Crippen LogP contribution >= 0.6 is 0 Å². The summed E-state index contributed by atoms with van der Waals surface area (Å²) in [5.41, 5.74) is 0. The van der Waals surface area contributed by atoms with Crippen molar-refractivity contribution in [2.45, 2.75) is 32.2 Å². The quantitative estimate of drug-likeness (QED) is 0.438. The fraction of sp³-hybridized carbons (Fsp3) is 1.00. The van der Waals surface area contributed by atoms with Gasteiger partial charge in [-0.05, 0) is 13.3 Å². The van der Waals surface area contributed by atoms with Gasteiger partial charge in [0.05, 0.1) is 6.10 Å². The number of hydrogen-bond donors (Lipinski definition) is 3. The van der Waals surface area contributed by atoms with Crippen LogP contribution in [0.5, 0.6) is 0 Å². The molecule has 0 aliphatic heterocycles. The van der Waals surface area contributed by atoms with Crippen molar-refractivity contribution in [1.82, 2.24) is 0 Å². The van der Waals surface area contributed by atoms with E-state index < -0.39 is 12.4 Å². The van der Waals surface area contributed by atoms with Crippen molar-refractivity contribution in [3.05, 3.63) is 0 Å². The van der Waals surface area contributed by atoms with E-state index in [0.717, 1.165) is 0 Å². The highest BCUT2D eigenvalue weighted by molar-refractivity contribution is 4.46. The SMILES string of the molecule is CC(O)CCC(O)O. The molecule has 0 aromatic carbocycles. The van der Waals surface area contributed by atoms with Crippen LogP contribution in [0.15, 0.2) is 0 Å². The molecule has 0 amide bonds. The van der Waals surface area contributed by atoms with Gasteiger partial charge in [0.15, 0.2) is 6.29 Å². The monoisotopic (exact) mass is 120 g/mol. The van der Waals surface area contributed by atoms with Crippen LogP contribution in [-0.4, -0.2) is 27.7 Å². The minimum Gasteiger partial charge on any atom is -0.393 e. The Hall–Kier alpha value is -0.120. The summed E-state index contributed by atoms with van der Waals surface area (Å²) in [6.45, 7) is 1.61. The highest BCUT2D eigenvalue weighted by atomic mass is 16.5. The zero-order valence-electron chi connectivity index (χ0n) is 4.91. The van der Waals surface area contributed by atoms with Crippen LogP contribution in [0.1, 0.15) is 19.8 Å². The molecule has 0 bridgehead atoms. The highest BCUT2D eigenvalue weighted by Crippen LogP contribution is 1.97. The molecule has 3 heteroatoms. The van der Waals surface area contributed by atoms with Gasteiger partial charge in [0.25, 0.3) is 0 Å². The second-order valence-electron chi connectivity index (χ2n) is 1.91. The smallest absolute Gasteiger partial charge is 0.151 e. The van der Waals surface area contributed by atoms with Gasteiger partial charge in [0.2, 0.25) is 0 Å². The van der Waals surface area contributed by atoms with E-state index in [0.29, 0.717) is 6.42 Å². The lowest BCUT2D eigenvalue weighted by molar-refractivity contribution is -0.0521. The lowest BCUT2D eigenvalue weighted by Gasteiger charge is -2.03. The van der Waals surface area contributed by atoms with Crippen LogP contribution < -0.4 is 0 Å². The average Bonchev–Trinajstić information content (AvgIpc) is 1.61. The molecule has 0 heterocycles. The molecule has 0 spiro atoms. The molecule has 0 fully saturated rings. The van der Waals surface area contributed by atoms with E-state index in [-0.39, 0.29) is 6.42 Å². The maximum absolute atomic E-state index is 8.58. The Morgan fingerprint density at radius 1 is 1.12 bits per heavy atom. The molecule has 3 N–H and O–H groups in total. The summed E-state index contributed by atoms with van der Waals surface area (Å²) >= 11 is 0. The normalized spacial score (nSPS) is 14.6. The minimum atomic E-state index is -1.27. The summed E-state index contributed by atoms with van der Waals surface area (Å²) in [5.74, 6) is 0. The summed E-state index contributed by atoms with van der Waals surface area (Å²) in [6, 6.07) is 0. The van der Waals surface area contributed by atoms with Gasteiger partial charge in [-0.3, -0.25) is 0 Å². The van der Waals surface area contributed by atoms with Gasteiger partial charge in [-0.1, -0.05) is 0 Å². The van der Waals surface area contributed by atoms with E-state index in [1.165, 1.54) is 0 Å². The molecular weight excluding hydrogens is 108 g/mol. The van der Waals surface area contributed by atoms with Crippen molar-refractivity contribution in [3.63, 3.8) is 0 Å². The number of aliphatic hydroxyl groups is 3. The Bertz CT molecular complexity index is 43.6. The van der Waals surface area contributed by atoms with E-state index >= 15 is 0 Å². The van der Waals surface area contributed by atoms with Crippen LogP contribution in [0.4, 0.5) is 0 Å². The van der Waals surface area contributed by atoms with Gasteiger partial charge in [-0.15, -0.1) is 0 Å². The summed E-state index contributed by atoms with van der Waals surface area (Å²) in [5, 5.41) is 25.1. The largest absolute Gasteiger partial charge is 0.393 e. The first kappa shape index (κ1) is 7.88. The third-order valence-corrected chi connectivity index (χ3v) is 0.843. The van der Waals surface area contributed by atoms with Gasteiger partial charge in [-0.2, -0.15) is 0 Å². The maximum atomic E-state index is 8.58. The van der Waals surface area contributed by atoms with Gasteiger partial charge in [-0.25, -0.2) is 0 Å². The van der Waals surface area contributed by atoms with E-state index in [4.69, 9.17) is 15.3 Å². The lowest BCUT2D eigenvalue weighted by Crippen LogP contribution is -2.08. The topological polar surface area (TPSA) is 60.7 Å². The molecule has 1 unspecified atom stereocenters. The summed E-state index contributed by atoms with van der Waals surface area (Å²) in [6.07, 6.45) is -1.02. The standard InChI is InChI=1S/C5H12O3/c1-4(6)2-3-5(7)8/h4-8H,2-3H2,1H3. The molecule has 0 rings (SSSR count). The predicted octanol–water partition coefficient (Wildman–Crippen LogP) is -0.542. The zero-order chi connectivity index (χ0) is 6.57. The fourth-order valence-corrected chi connectivity index (χ4v) is 0.390. The maximum Gasteiger partial charge on any atom is 0.151 e. The Kier molecular flexibility index (Phi) is 3.77. The summed E-state index contributed by atoms with van der Waals surface area (Å²) < 4.78 is 0. The second kappa shape index (κ2) is 3.83. The Morgan fingerprint density at radius 2 is 1.62 bits per heavy atom. The van der Waals surface area contributed by atoms with Crippen molar-refractivity contribution in [1.29, 1.82) is 0 Å². The van der Waals surface area contributed by atoms with Crippen LogP contribution in [-0.2, 0) is 0 Å². The third-order valence-electron chi connectivity index (χ3n) is 0.843. The Labute approximate surface area is 48.6 Å². The predicted molar refractivity (Wildman–Crippen MR) is 29.1 cm³/mol. The van der Waals surface area contributed by atoms with Crippen molar-refractivity contribution in [2.24, 2.45) is 0 Å². The van der Waals surface area contributed by atoms with E-state index in [2.05, 4.69) is 0 Å². The molecule has 0 aliphatic carbocycles.